The van der Waals surface area contributed by atoms with Crippen molar-refractivity contribution in [3.8, 4) is 0 Å². The Morgan fingerprint density at radius 3 is 2.94 bits per heavy atom. The normalized spacial score (nSPS) is 14.1. The minimum Gasteiger partial charge on any atom is -0.467 e. The summed E-state index contributed by atoms with van der Waals surface area (Å²) < 4.78 is 5.19. The molecule has 0 spiro atoms. The maximum Gasteiger partial charge on any atom is 0.227 e. The highest BCUT2D eigenvalue weighted by molar-refractivity contribution is 7.08. The Morgan fingerprint density at radius 1 is 1.56 bits per heavy atom. The molecule has 5 heteroatoms. The Labute approximate surface area is 109 Å². The lowest BCUT2D eigenvalue weighted by Gasteiger charge is -2.17. The fraction of sp³-hybridized carbons (Fsp3) is 0.308. The van der Waals surface area contributed by atoms with Gasteiger partial charge in [-0.2, -0.15) is 11.3 Å². The van der Waals surface area contributed by atoms with Crippen LogP contribution in [-0.2, 0) is 4.79 Å². The lowest BCUT2D eigenvalue weighted by molar-refractivity contribution is -0.123. The van der Waals surface area contributed by atoms with Crippen LogP contribution in [0.5, 0.6) is 0 Å². The van der Waals surface area contributed by atoms with E-state index >= 15 is 0 Å². The second kappa shape index (κ2) is 5.84. The molecule has 0 fully saturated rings. The second-order valence-corrected chi connectivity index (χ2v) is 4.82. The van der Waals surface area contributed by atoms with Crippen molar-refractivity contribution < 1.29 is 14.3 Å². The predicted molar refractivity (Wildman–Crippen MR) is 69.4 cm³/mol. The molecule has 18 heavy (non-hydrogen) atoms. The zero-order valence-corrected chi connectivity index (χ0v) is 10.8. The Hall–Kier alpha value is -1.59. The number of amides is 1. The van der Waals surface area contributed by atoms with Crippen LogP contribution < -0.4 is 5.32 Å². The molecule has 0 saturated carbocycles. The molecular weight excluding hydrogens is 250 g/mol. The van der Waals surface area contributed by atoms with E-state index in [1.807, 2.05) is 23.8 Å². The molecule has 0 aromatic carbocycles. The molecule has 0 aliphatic heterocycles. The van der Waals surface area contributed by atoms with E-state index in [-0.39, 0.29) is 18.4 Å². The molecule has 2 atom stereocenters. The lowest BCUT2D eigenvalue weighted by atomic mass is 10.0. The molecule has 2 heterocycles. The number of hydrogen-bond acceptors (Lipinski definition) is 4. The smallest absolute Gasteiger partial charge is 0.227 e. The van der Waals surface area contributed by atoms with Crippen LogP contribution in [0.15, 0.2) is 39.6 Å². The summed E-state index contributed by atoms with van der Waals surface area (Å²) in [7, 11) is 0. The molecule has 0 bridgehead atoms. The van der Waals surface area contributed by atoms with E-state index in [2.05, 4.69) is 5.32 Å². The predicted octanol–water partition coefficient (Wildman–Crippen LogP) is 2.29. The van der Waals surface area contributed by atoms with E-state index in [9.17, 15) is 9.90 Å². The number of aliphatic hydroxyl groups is 1. The van der Waals surface area contributed by atoms with Gasteiger partial charge in [0.05, 0.1) is 18.8 Å². The van der Waals surface area contributed by atoms with Gasteiger partial charge in [-0.15, -0.1) is 0 Å². The van der Waals surface area contributed by atoms with Crippen molar-refractivity contribution in [1.82, 2.24) is 5.32 Å². The molecule has 2 rings (SSSR count). The van der Waals surface area contributed by atoms with E-state index in [0.717, 1.165) is 5.56 Å². The Bertz CT molecular complexity index is 478. The number of hydrogen-bond donors (Lipinski definition) is 2. The van der Waals surface area contributed by atoms with Gasteiger partial charge >= 0.3 is 0 Å². The number of carbonyl (C=O) groups excluding carboxylic acids is 1. The Morgan fingerprint density at radius 2 is 2.39 bits per heavy atom. The van der Waals surface area contributed by atoms with Gasteiger partial charge in [-0.25, -0.2) is 0 Å². The lowest BCUT2D eigenvalue weighted by Crippen LogP contribution is -2.33. The zero-order valence-electron chi connectivity index (χ0n) is 10.00. The number of rotatable bonds is 5. The SMILES string of the molecule is CC(C(=O)NC(CO)c1ccco1)c1ccsc1. The summed E-state index contributed by atoms with van der Waals surface area (Å²) in [6.07, 6.45) is 1.52. The highest BCUT2D eigenvalue weighted by atomic mass is 32.1. The molecule has 1 amide bonds. The van der Waals surface area contributed by atoms with Gasteiger partial charge in [0.1, 0.15) is 11.8 Å². The molecule has 2 aromatic rings. The molecule has 2 N–H and O–H groups in total. The van der Waals surface area contributed by atoms with Crippen LogP contribution in [0.25, 0.3) is 0 Å². The molecular formula is C13H15NO3S. The molecule has 0 radical (unpaired) electrons. The van der Waals surface area contributed by atoms with Crippen molar-refractivity contribution in [3.05, 3.63) is 46.5 Å². The summed E-state index contributed by atoms with van der Waals surface area (Å²) in [5.74, 6) is 0.201. The molecule has 2 unspecified atom stereocenters. The maximum atomic E-state index is 12.0. The summed E-state index contributed by atoms with van der Waals surface area (Å²) in [4.78, 5) is 12.0. The molecule has 2 aromatic heterocycles. The third-order valence-corrected chi connectivity index (χ3v) is 3.52. The van der Waals surface area contributed by atoms with E-state index in [1.165, 1.54) is 6.26 Å². The largest absolute Gasteiger partial charge is 0.467 e. The molecule has 96 valence electrons. The fourth-order valence-corrected chi connectivity index (χ4v) is 2.42. The minimum absolute atomic E-state index is 0.121. The van der Waals surface area contributed by atoms with Crippen molar-refractivity contribution >= 4 is 17.2 Å². The van der Waals surface area contributed by atoms with Crippen molar-refractivity contribution in [2.24, 2.45) is 0 Å². The van der Waals surface area contributed by atoms with Gasteiger partial charge in [-0.1, -0.05) is 0 Å². The molecule has 0 saturated heterocycles. The first-order valence-corrected chi connectivity index (χ1v) is 6.63. The third-order valence-electron chi connectivity index (χ3n) is 2.82. The summed E-state index contributed by atoms with van der Waals surface area (Å²) in [6.45, 7) is 1.66. The van der Waals surface area contributed by atoms with Crippen LogP contribution >= 0.6 is 11.3 Å². The first-order valence-electron chi connectivity index (χ1n) is 5.69. The summed E-state index contributed by atoms with van der Waals surface area (Å²) in [6, 6.07) is 4.90. The molecule has 0 aliphatic rings. The van der Waals surface area contributed by atoms with Gasteiger partial charge in [-0.05, 0) is 41.4 Å². The van der Waals surface area contributed by atoms with Crippen LogP contribution in [0.4, 0.5) is 0 Å². The van der Waals surface area contributed by atoms with Crippen molar-refractivity contribution in [2.75, 3.05) is 6.61 Å². The van der Waals surface area contributed by atoms with Crippen LogP contribution in [0.3, 0.4) is 0 Å². The average Bonchev–Trinajstić information content (AvgIpc) is 3.06. The van der Waals surface area contributed by atoms with E-state index in [0.29, 0.717) is 5.76 Å². The zero-order chi connectivity index (χ0) is 13.0. The summed E-state index contributed by atoms with van der Waals surface area (Å²) >= 11 is 1.56. The Kier molecular flexibility index (Phi) is 4.17. The highest BCUT2D eigenvalue weighted by Crippen LogP contribution is 2.20. The standard InChI is InChI=1S/C13H15NO3S/c1-9(10-4-6-18-8-10)13(16)14-11(7-15)12-3-2-5-17-12/h2-6,8-9,11,15H,7H2,1H3,(H,14,16). The first-order chi connectivity index (χ1) is 8.72. The van der Waals surface area contributed by atoms with Crippen LogP contribution in [-0.4, -0.2) is 17.6 Å². The number of nitrogens with one attached hydrogen (secondary N) is 1. The maximum absolute atomic E-state index is 12.0. The van der Waals surface area contributed by atoms with E-state index in [1.54, 1.807) is 23.5 Å². The van der Waals surface area contributed by atoms with Gasteiger partial charge < -0.3 is 14.8 Å². The van der Waals surface area contributed by atoms with Crippen molar-refractivity contribution in [2.45, 2.75) is 18.9 Å². The van der Waals surface area contributed by atoms with Gasteiger partial charge in [-0.3, -0.25) is 4.79 Å². The Balaban J connectivity index is 2.02. The average molecular weight is 265 g/mol. The van der Waals surface area contributed by atoms with Gasteiger partial charge in [0.2, 0.25) is 5.91 Å². The third kappa shape index (κ3) is 2.80. The van der Waals surface area contributed by atoms with Crippen LogP contribution in [0, 0.1) is 0 Å². The van der Waals surface area contributed by atoms with Gasteiger partial charge in [0.25, 0.3) is 0 Å². The summed E-state index contributed by atoms with van der Waals surface area (Å²) in [5, 5.41) is 16.0. The van der Waals surface area contributed by atoms with E-state index < -0.39 is 6.04 Å². The number of furan rings is 1. The van der Waals surface area contributed by atoms with Crippen molar-refractivity contribution in [3.63, 3.8) is 0 Å². The van der Waals surface area contributed by atoms with Crippen molar-refractivity contribution in [1.29, 1.82) is 0 Å². The first kappa shape index (κ1) is 12.9. The quantitative estimate of drug-likeness (QED) is 0.872. The van der Waals surface area contributed by atoms with Crippen LogP contribution in [0.2, 0.25) is 0 Å². The fourth-order valence-electron chi connectivity index (χ4n) is 1.67. The van der Waals surface area contributed by atoms with Crippen LogP contribution in [0.1, 0.15) is 30.2 Å². The van der Waals surface area contributed by atoms with Gasteiger partial charge in [0, 0.05) is 0 Å². The minimum atomic E-state index is -0.492. The highest BCUT2D eigenvalue weighted by Gasteiger charge is 2.21. The second-order valence-electron chi connectivity index (χ2n) is 4.04. The number of thiophene rings is 1. The number of aliphatic hydroxyl groups excluding tert-OH is 1. The molecule has 4 nitrogen and oxygen atoms in total. The molecule has 0 aliphatic carbocycles. The van der Waals surface area contributed by atoms with Gasteiger partial charge in [0.15, 0.2) is 0 Å². The summed E-state index contributed by atoms with van der Waals surface area (Å²) in [5.41, 5.74) is 0.980. The monoisotopic (exact) mass is 265 g/mol. The van der Waals surface area contributed by atoms with E-state index in [4.69, 9.17) is 4.42 Å². The number of carbonyl (C=O) groups is 1. The topological polar surface area (TPSA) is 62.5 Å².